The van der Waals surface area contributed by atoms with E-state index >= 15 is 0 Å². The lowest BCUT2D eigenvalue weighted by Gasteiger charge is -2.15. The van der Waals surface area contributed by atoms with Crippen LogP contribution in [0.15, 0.2) is 24.7 Å². The number of aliphatic hydroxyl groups is 3. The molecule has 0 radical (unpaired) electrons. The highest BCUT2D eigenvalue weighted by Gasteiger charge is 2.21. The van der Waals surface area contributed by atoms with Gasteiger partial charge in [-0.25, -0.2) is 9.50 Å². The second kappa shape index (κ2) is 4.56. The van der Waals surface area contributed by atoms with Crippen LogP contribution in [0.5, 0.6) is 0 Å². The summed E-state index contributed by atoms with van der Waals surface area (Å²) in [6.07, 6.45) is 2.78. The molecule has 0 aliphatic rings. The number of hydrogen-bond donors (Lipinski definition) is 3. The Balaban J connectivity index is 2.32. The molecule has 2 aromatic heterocycles. The maximum atomic E-state index is 9.85. The molecular formula is C10H13N3O3. The fourth-order valence-corrected chi connectivity index (χ4v) is 1.55. The van der Waals surface area contributed by atoms with Gasteiger partial charge in [-0.1, -0.05) is 0 Å². The van der Waals surface area contributed by atoms with Crippen LogP contribution in [0.4, 0.5) is 0 Å². The average Bonchev–Trinajstić information content (AvgIpc) is 2.72. The Morgan fingerprint density at radius 1 is 1.38 bits per heavy atom. The second-order valence-electron chi connectivity index (χ2n) is 3.51. The molecule has 0 saturated heterocycles. The normalized spacial score (nSPS) is 15.2. The topological polar surface area (TPSA) is 90.9 Å². The first kappa shape index (κ1) is 11.0. The van der Waals surface area contributed by atoms with E-state index in [1.807, 2.05) is 0 Å². The van der Waals surface area contributed by atoms with Crippen LogP contribution in [-0.2, 0) is 0 Å². The Hall–Kier alpha value is -1.50. The smallest absolute Gasteiger partial charge is 0.160 e. The second-order valence-corrected chi connectivity index (χ2v) is 3.51. The molecule has 2 unspecified atom stereocenters. The highest BCUT2D eigenvalue weighted by atomic mass is 16.3. The Morgan fingerprint density at radius 3 is 2.94 bits per heavy atom. The lowest BCUT2D eigenvalue weighted by atomic mass is 10.1. The van der Waals surface area contributed by atoms with E-state index in [2.05, 4.69) is 10.1 Å². The summed E-state index contributed by atoms with van der Waals surface area (Å²) in [5.74, 6) is 0. The zero-order valence-electron chi connectivity index (χ0n) is 8.56. The molecule has 0 aliphatic carbocycles. The van der Waals surface area contributed by atoms with Gasteiger partial charge in [0, 0.05) is 24.6 Å². The van der Waals surface area contributed by atoms with Crippen molar-refractivity contribution in [3.8, 4) is 0 Å². The van der Waals surface area contributed by atoms with Gasteiger partial charge in [-0.05, 0) is 12.5 Å². The van der Waals surface area contributed by atoms with Crippen LogP contribution >= 0.6 is 0 Å². The van der Waals surface area contributed by atoms with Gasteiger partial charge in [-0.2, -0.15) is 5.10 Å². The fourth-order valence-electron chi connectivity index (χ4n) is 1.55. The number of rotatable bonds is 4. The van der Waals surface area contributed by atoms with E-state index in [1.54, 1.807) is 18.5 Å². The van der Waals surface area contributed by atoms with Gasteiger partial charge < -0.3 is 15.3 Å². The number of hydrogen-bond acceptors (Lipinski definition) is 5. The van der Waals surface area contributed by atoms with Crippen molar-refractivity contribution in [1.29, 1.82) is 0 Å². The SMILES string of the molecule is OCCC(O)C(O)c1cnn2cccnc12. The molecule has 16 heavy (non-hydrogen) atoms. The van der Waals surface area contributed by atoms with E-state index in [0.29, 0.717) is 11.2 Å². The fraction of sp³-hybridized carbons (Fsp3) is 0.400. The quantitative estimate of drug-likeness (QED) is 0.650. The Morgan fingerprint density at radius 2 is 2.19 bits per heavy atom. The van der Waals surface area contributed by atoms with Gasteiger partial charge in [-0.15, -0.1) is 0 Å². The number of nitrogens with zero attached hydrogens (tertiary/aromatic N) is 3. The van der Waals surface area contributed by atoms with E-state index in [-0.39, 0.29) is 13.0 Å². The van der Waals surface area contributed by atoms with Gasteiger partial charge in [0.15, 0.2) is 5.65 Å². The van der Waals surface area contributed by atoms with E-state index in [0.717, 1.165) is 0 Å². The van der Waals surface area contributed by atoms with Crippen molar-refractivity contribution < 1.29 is 15.3 Å². The van der Waals surface area contributed by atoms with Crippen molar-refractivity contribution in [2.24, 2.45) is 0 Å². The third-order valence-electron chi connectivity index (χ3n) is 2.41. The Labute approximate surface area is 91.8 Å². The van der Waals surface area contributed by atoms with Crippen LogP contribution < -0.4 is 0 Å². The Bertz CT molecular complexity index is 471. The predicted octanol–water partition coefficient (Wildman–Crippen LogP) is -0.494. The summed E-state index contributed by atoms with van der Waals surface area (Å²) in [6, 6.07) is 1.72. The summed E-state index contributed by atoms with van der Waals surface area (Å²) >= 11 is 0. The van der Waals surface area contributed by atoms with Crippen LogP contribution in [0.3, 0.4) is 0 Å². The summed E-state index contributed by atoms with van der Waals surface area (Å²) in [5.41, 5.74) is 0.966. The first-order valence-corrected chi connectivity index (χ1v) is 4.99. The number of aromatic nitrogens is 3. The molecule has 86 valence electrons. The predicted molar refractivity (Wildman–Crippen MR) is 55.7 cm³/mol. The zero-order valence-corrected chi connectivity index (χ0v) is 8.56. The molecule has 0 aliphatic heterocycles. The van der Waals surface area contributed by atoms with Gasteiger partial charge in [-0.3, -0.25) is 0 Å². The van der Waals surface area contributed by atoms with Crippen molar-refractivity contribution in [2.45, 2.75) is 18.6 Å². The highest BCUT2D eigenvalue weighted by Crippen LogP contribution is 2.21. The van der Waals surface area contributed by atoms with Crippen molar-refractivity contribution in [3.63, 3.8) is 0 Å². The molecule has 0 saturated carbocycles. The zero-order chi connectivity index (χ0) is 11.5. The molecule has 0 spiro atoms. The maximum absolute atomic E-state index is 9.85. The van der Waals surface area contributed by atoms with E-state index in [9.17, 15) is 10.2 Å². The lowest BCUT2D eigenvalue weighted by Crippen LogP contribution is -2.19. The third kappa shape index (κ3) is 1.90. The first-order valence-electron chi connectivity index (χ1n) is 4.99. The van der Waals surface area contributed by atoms with Crippen LogP contribution in [0.25, 0.3) is 5.65 Å². The van der Waals surface area contributed by atoms with Gasteiger partial charge in [0.2, 0.25) is 0 Å². The molecule has 0 aromatic carbocycles. The van der Waals surface area contributed by atoms with Crippen LogP contribution in [0.1, 0.15) is 18.1 Å². The molecule has 6 heteroatoms. The molecule has 2 atom stereocenters. The van der Waals surface area contributed by atoms with Crippen LogP contribution in [0, 0.1) is 0 Å². The molecule has 2 aromatic rings. The average molecular weight is 223 g/mol. The molecule has 2 heterocycles. The number of fused-ring (bicyclic) bond motifs is 1. The molecule has 0 bridgehead atoms. The summed E-state index contributed by atoms with van der Waals surface area (Å²) in [4.78, 5) is 4.07. The third-order valence-corrected chi connectivity index (χ3v) is 2.41. The summed E-state index contributed by atoms with van der Waals surface area (Å²) in [6.45, 7) is -0.176. The van der Waals surface area contributed by atoms with Crippen molar-refractivity contribution in [3.05, 3.63) is 30.2 Å². The van der Waals surface area contributed by atoms with E-state index < -0.39 is 12.2 Å². The largest absolute Gasteiger partial charge is 0.396 e. The summed E-state index contributed by atoms with van der Waals surface area (Å²) < 4.78 is 1.52. The van der Waals surface area contributed by atoms with Gasteiger partial charge in [0.25, 0.3) is 0 Å². The van der Waals surface area contributed by atoms with Crippen molar-refractivity contribution in [1.82, 2.24) is 14.6 Å². The molecule has 3 N–H and O–H groups in total. The molecule has 0 amide bonds. The van der Waals surface area contributed by atoms with Crippen LogP contribution in [-0.4, -0.2) is 42.6 Å². The molecule has 2 rings (SSSR count). The minimum absolute atomic E-state index is 0.116. The summed E-state index contributed by atoms with van der Waals surface area (Å²) in [7, 11) is 0. The standard InChI is InChI=1S/C10H13N3O3/c14-5-2-8(15)9(16)7-6-12-13-4-1-3-11-10(7)13/h1,3-4,6,8-9,14-16H,2,5H2. The van der Waals surface area contributed by atoms with Crippen LogP contribution in [0.2, 0.25) is 0 Å². The Kier molecular flexibility index (Phi) is 3.14. The van der Waals surface area contributed by atoms with Crippen molar-refractivity contribution in [2.75, 3.05) is 6.61 Å². The van der Waals surface area contributed by atoms with Crippen molar-refractivity contribution >= 4 is 5.65 Å². The van der Waals surface area contributed by atoms with Gasteiger partial charge in [0.1, 0.15) is 6.10 Å². The van der Waals surface area contributed by atoms with Gasteiger partial charge >= 0.3 is 0 Å². The molecule has 6 nitrogen and oxygen atoms in total. The minimum atomic E-state index is -1.08. The first-order chi connectivity index (χ1) is 7.74. The monoisotopic (exact) mass is 223 g/mol. The number of aliphatic hydroxyl groups excluding tert-OH is 3. The lowest BCUT2D eigenvalue weighted by molar-refractivity contribution is 0.00486. The van der Waals surface area contributed by atoms with E-state index in [4.69, 9.17) is 5.11 Å². The molecule has 0 fully saturated rings. The van der Waals surface area contributed by atoms with Gasteiger partial charge in [0.05, 0.1) is 12.3 Å². The summed E-state index contributed by atoms with van der Waals surface area (Å²) in [5, 5.41) is 32.1. The highest BCUT2D eigenvalue weighted by molar-refractivity contribution is 5.47. The minimum Gasteiger partial charge on any atom is -0.396 e. The maximum Gasteiger partial charge on any atom is 0.160 e. The van der Waals surface area contributed by atoms with E-state index in [1.165, 1.54) is 10.7 Å². The molecular weight excluding hydrogens is 210 g/mol.